The number of aryl methyl sites for hydroxylation is 2. The summed E-state index contributed by atoms with van der Waals surface area (Å²) in [6, 6.07) is 9.66. The van der Waals surface area contributed by atoms with Gasteiger partial charge >= 0.3 is 0 Å². The monoisotopic (exact) mass is 381 g/mol. The van der Waals surface area contributed by atoms with E-state index in [-0.39, 0.29) is 6.04 Å². The highest BCUT2D eigenvalue weighted by Crippen LogP contribution is 2.25. The highest BCUT2D eigenvalue weighted by Gasteiger charge is 2.18. The molecule has 3 heterocycles. The summed E-state index contributed by atoms with van der Waals surface area (Å²) in [5, 5.41) is 8.51. The van der Waals surface area contributed by atoms with Gasteiger partial charge in [0.2, 0.25) is 5.95 Å². The minimum Gasteiger partial charge on any atom is -0.324 e. The van der Waals surface area contributed by atoms with Crippen LogP contribution < -0.4 is 5.32 Å². The van der Waals surface area contributed by atoms with Crippen LogP contribution in [-0.4, -0.2) is 29.3 Å². The van der Waals surface area contributed by atoms with Crippen LogP contribution in [0.1, 0.15) is 31.3 Å². The summed E-state index contributed by atoms with van der Waals surface area (Å²) in [5.74, 6) is 1.14. The first-order valence-corrected chi connectivity index (χ1v) is 9.11. The molecule has 4 aromatic rings. The predicted molar refractivity (Wildman–Crippen MR) is 107 cm³/mol. The molecule has 0 saturated carbocycles. The van der Waals surface area contributed by atoms with Crippen molar-refractivity contribution in [2.45, 2.75) is 33.7 Å². The van der Waals surface area contributed by atoms with Gasteiger partial charge < -0.3 is 9.88 Å². The van der Waals surface area contributed by atoms with Gasteiger partial charge in [-0.3, -0.25) is 0 Å². The maximum absolute atomic E-state index is 5.98. The van der Waals surface area contributed by atoms with E-state index in [1.54, 1.807) is 6.33 Å². The van der Waals surface area contributed by atoms with Gasteiger partial charge in [-0.05, 0) is 58.0 Å². The number of hydrogen-bond donors (Lipinski definition) is 1. The quantitative estimate of drug-likeness (QED) is 0.559. The average Bonchev–Trinajstić information content (AvgIpc) is 3.19. The first-order chi connectivity index (χ1) is 12.9. The Morgan fingerprint density at radius 1 is 1.07 bits per heavy atom. The van der Waals surface area contributed by atoms with E-state index in [2.05, 4.69) is 29.2 Å². The van der Waals surface area contributed by atoms with Crippen LogP contribution in [0.2, 0.25) is 5.02 Å². The zero-order valence-corrected chi connectivity index (χ0v) is 16.4. The van der Waals surface area contributed by atoms with Crippen LogP contribution in [0.4, 0.5) is 11.6 Å². The van der Waals surface area contributed by atoms with Crippen LogP contribution in [0, 0.1) is 13.8 Å². The molecule has 0 aliphatic carbocycles. The molecule has 7 nitrogen and oxygen atoms in total. The van der Waals surface area contributed by atoms with Crippen LogP contribution in [0.5, 0.6) is 0 Å². The van der Waals surface area contributed by atoms with E-state index < -0.39 is 0 Å². The lowest BCUT2D eigenvalue weighted by Gasteiger charge is -2.12. The fourth-order valence-corrected chi connectivity index (χ4v) is 3.11. The van der Waals surface area contributed by atoms with Gasteiger partial charge in [0.15, 0.2) is 17.0 Å². The zero-order valence-electron chi connectivity index (χ0n) is 15.6. The number of nitrogens with zero attached hydrogens (tertiary/aromatic N) is 6. The van der Waals surface area contributed by atoms with E-state index in [9.17, 15) is 0 Å². The molecule has 0 atom stereocenters. The van der Waals surface area contributed by atoms with Crippen molar-refractivity contribution in [3.63, 3.8) is 0 Å². The number of halogens is 1. The molecule has 8 heteroatoms. The van der Waals surface area contributed by atoms with Gasteiger partial charge in [0.05, 0.1) is 12.0 Å². The zero-order chi connectivity index (χ0) is 19.1. The fraction of sp³-hybridized carbons (Fsp3) is 0.263. The fourth-order valence-electron chi connectivity index (χ4n) is 2.99. The van der Waals surface area contributed by atoms with Gasteiger partial charge in [-0.15, -0.1) is 0 Å². The Morgan fingerprint density at radius 2 is 1.81 bits per heavy atom. The first kappa shape index (κ1) is 17.5. The van der Waals surface area contributed by atoms with E-state index in [0.717, 1.165) is 28.2 Å². The summed E-state index contributed by atoms with van der Waals surface area (Å²) in [6.45, 7) is 8.15. The maximum Gasteiger partial charge on any atom is 0.231 e. The lowest BCUT2D eigenvalue weighted by Crippen LogP contribution is -2.09. The Kier molecular flexibility index (Phi) is 4.31. The standard InChI is InChI=1S/C19H20ClN7/c1-11(2)26-10-21-16-17(26)23-19(22-15-7-5-14(20)6-8-15)24-18(16)27-13(4)9-12(3)25-27/h5-11H,1-4H3,(H,22,23,24). The predicted octanol–water partition coefficient (Wildman–Crippen LogP) is 4.61. The molecule has 27 heavy (non-hydrogen) atoms. The SMILES string of the molecule is Cc1cc(C)n(-c2nc(Nc3ccc(Cl)cc3)nc3c2ncn3C(C)C)n1. The number of rotatable bonds is 4. The van der Waals surface area contributed by atoms with Crippen molar-refractivity contribution in [2.24, 2.45) is 0 Å². The molecule has 1 aromatic carbocycles. The van der Waals surface area contributed by atoms with E-state index in [0.29, 0.717) is 16.8 Å². The van der Waals surface area contributed by atoms with Crippen LogP contribution in [0.25, 0.3) is 17.0 Å². The molecule has 0 unspecified atom stereocenters. The Balaban J connectivity index is 1.90. The Morgan fingerprint density at radius 3 is 2.44 bits per heavy atom. The molecule has 0 saturated heterocycles. The minimum atomic E-state index is 0.224. The lowest BCUT2D eigenvalue weighted by atomic mass is 10.3. The highest BCUT2D eigenvalue weighted by molar-refractivity contribution is 6.30. The smallest absolute Gasteiger partial charge is 0.231 e. The first-order valence-electron chi connectivity index (χ1n) is 8.73. The number of aromatic nitrogens is 6. The molecule has 4 rings (SSSR count). The molecule has 0 radical (unpaired) electrons. The second-order valence-electron chi connectivity index (χ2n) is 6.76. The summed E-state index contributed by atoms with van der Waals surface area (Å²) >= 11 is 5.98. The van der Waals surface area contributed by atoms with Crippen LogP contribution >= 0.6 is 11.6 Å². The van der Waals surface area contributed by atoms with Crippen molar-refractivity contribution in [3.8, 4) is 5.82 Å². The largest absolute Gasteiger partial charge is 0.324 e. The van der Waals surface area contributed by atoms with Crippen LogP contribution in [0.15, 0.2) is 36.7 Å². The van der Waals surface area contributed by atoms with Gasteiger partial charge in [-0.2, -0.15) is 15.1 Å². The molecule has 0 aliphatic heterocycles. The van der Waals surface area contributed by atoms with Crippen molar-refractivity contribution in [1.82, 2.24) is 29.3 Å². The van der Waals surface area contributed by atoms with Gasteiger partial charge in [0.25, 0.3) is 0 Å². The molecule has 1 N–H and O–H groups in total. The number of anilines is 2. The van der Waals surface area contributed by atoms with Gasteiger partial charge in [-0.25, -0.2) is 9.67 Å². The molecule has 0 aliphatic rings. The Labute approximate surface area is 162 Å². The molecular formula is C19H20ClN7. The second-order valence-corrected chi connectivity index (χ2v) is 7.20. The molecule has 0 fully saturated rings. The van der Waals surface area contributed by atoms with Crippen LogP contribution in [-0.2, 0) is 0 Å². The summed E-state index contributed by atoms with van der Waals surface area (Å²) in [6.07, 6.45) is 1.80. The van der Waals surface area contributed by atoms with Gasteiger partial charge in [0.1, 0.15) is 0 Å². The van der Waals surface area contributed by atoms with E-state index in [4.69, 9.17) is 21.6 Å². The molecule has 0 amide bonds. The number of hydrogen-bond acceptors (Lipinski definition) is 5. The van der Waals surface area contributed by atoms with Crippen LogP contribution in [0.3, 0.4) is 0 Å². The van der Waals surface area contributed by atoms with Crippen molar-refractivity contribution in [2.75, 3.05) is 5.32 Å². The molecule has 3 aromatic heterocycles. The lowest BCUT2D eigenvalue weighted by molar-refractivity contribution is 0.613. The number of nitrogens with one attached hydrogen (secondary N) is 1. The second kappa shape index (κ2) is 6.66. The summed E-state index contributed by atoms with van der Waals surface area (Å²) in [4.78, 5) is 14.0. The van der Waals surface area contributed by atoms with E-state index in [1.807, 2.05) is 53.4 Å². The van der Waals surface area contributed by atoms with E-state index >= 15 is 0 Å². The van der Waals surface area contributed by atoms with Crippen molar-refractivity contribution < 1.29 is 0 Å². The summed E-state index contributed by atoms with van der Waals surface area (Å²) < 4.78 is 3.84. The third-order valence-electron chi connectivity index (χ3n) is 4.27. The topological polar surface area (TPSA) is 73.5 Å². The van der Waals surface area contributed by atoms with E-state index in [1.165, 1.54) is 0 Å². The summed E-state index contributed by atoms with van der Waals surface area (Å²) in [7, 11) is 0. The minimum absolute atomic E-state index is 0.224. The molecule has 0 spiro atoms. The van der Waals surface area contributed by atoms with Gasteiger partial charge in [-0.1, -0.05) is 11.6 Å². The number of fused-ring (bicyclic) bond motifs is 1. The Hall–Kier alpha value is -2.93. The summed E-state index contributed by atoms with van der Waals surface area (Å²) in [5.41, 5.74) is 4.25. The van der Waals surface area contributed by atoms with Crippen molar-refractivity contribution in [1.29, 1.82) is 0 Å². The molecular weight excluding hydrogens is 362 g/mol. The van der Waals surface area contributed by atoms with Crippen molar-refractivity contribution in [3.05, 3.63) is 53.1 Å². The Bertz CT molecular complexity index is 1110. The number of benzene rings is 1. The third kappa shape index (κ3) is 3.26. The number of imidazole rings is 1. The normalized spacial score (nSPS) is 11.5. The molecule has 138 valence electrons. The highest BCUT2D eigenvalue weighted by atomic mass is 35.5. The maximum atomic E-state index is 5.98. The van der Waals surface area contributed by atoms with Gasteiger partial charge in [0, 0.05) is 22.4 Å². The molecule has 0 bridgehead atoms. The average molecular weight is 382 g/mol. The third-order valence-corrected chi connectivity index (χ3v) is 4.52. The van der Waals surface area contributed by atoms with Crippen molar-refractivity contribution >= 4 is 34.4 Å².